The van der Waals surface area contributed by atoms with Crippen molar-refractivity contribution in [3.05, 3.63) is 0 Å². The van der Waals surface area contributed by atoms with Gasteiger partial charge in [0.15, 0.2) is 0 Å². The molecule has 0 aliphatic heterocycles. The van der Waals surface area contributed by atoms with Gasteiger partial charge in [0.1, 0.15) is 0 Å². The first kappa shape index (κ1) is 15.5. The molecule has 0 bridgehead atoms. The van der Waals surface area contributed by atoms with E-state index in [1.54, 1.807) is 0 Å². The average molecular weight is 270 g/mol. The van der Waals surface area contributed by atoms with E-state index in [-0.39, 0.29) is 12.8 Å². The molecule has 0 aromatic heterocycles. The van der Waals surface area contributed by atoms with E-state index >= 15 is 0 Å². The Morgan fingerprint density at radius 2 is 1.95 bits per heavy atom. The number of carbonyl (C=O) groups excluding carboxylic acids is 2. The smallest absolute Gasteiger partial charge is 0.321 e. The summed E-state index contributed by atoms with van der Waals surface area (Å²) in [6, 6.07) is -0.534. The molecular formula is C13H22N2O4. The Balaban J connectivity index is 2.16. The number of aliphatic carboxylic acids is 1. The summed E-state index contributed by atoms with van der Waals surface area (Å²) < 4.78 is 0. The molecule has 6 heteroatoms. The zero-order valence-corrected chi connectivity index (χ0v) is 11.3. The lowest BCUT2D eigenvalue weighted by Crippen LogP contribution is -2.42. The van der Waals surface area contributed by atoms with Gasteiger partial charge in [-0.1, -0.05) is 19.8 Å². The predicted molar refractivity (Wildman–Crippen MR) is 69.5 cm³/mol. The highest BCUT2D eigenvalue weighted by atomic mass is 16.4. The standard InChI is InChI=1S/C13H22N2O4/c1-9-3-2-4-10(7-9)8-14-13(19)15-11(16)5-6-12(17)18/h9-10H,2-8H2,1H3,(H,17,18)(H2,14,15,16,19). The molecule has 3 N–H and O–H groups in total. The molecular weight excluding hydrogens is 248 g/mol. The van der Waals surface area contributed by atoms with Crippen molar-refractivity contribution in [1.82, 2.24) is 10.6 Å². The fraction of sp³-hybridized carbons (Fsp3) is 0.769. The van der Waals surface area contributed by atoms with Crippen molar-refractivity contribution in [3.8, 4) is 0 Å². The predicted octanol–water partition coefficient (Wildman–Crippen LogP) is 1.50. The van der Waals surface area contributed by atoms with Crippen LogP contribution in [0.15, 0.2) is 0 Å². The zero-order valence-electron chi connectivity index (χ0n) is 11.3. The maximum atomic E-state index is 11.4. The van der Waals surface area contributed by atoms with Crippen molar-refractivity contribution in [2.45, 2.75) is 45.4 Å². The Kier molecular flexibility index (Phi) is 6.32. The molecule has 0 aromatic rings. The van der Waals surface area contributed by atoms with E-state index in [1.807, 2.05) is 0 Å². The van der Waals surface area contributed by atoms with E-state index in [2.05, 4.69) is 17.6 Å². The summed E-state index contributed by atoms with van der Waals surface area (Å²) in [5.74, 6) is -0.437. The molecule has 2 atom stereocenters. The second-order valence-corrected chi connectivity index (χ2v) is 5.29. The number of urea groups is 1. The minimum Gasteiger partial charge on any atom is -0.481 e. The number of imide groups is 1. The summed E-state index contributed by atoms with van der Waals surface area (Å²) >= 11 is 0. The van der Waals surface area contributed by atoms with Crippen LogP contribution in [0.2, 0.25) is 0 Å². The van der Waals surface area contributed by atoms with Gasteiger partial charge in [-0.15, -0.1) is 0 Å². The SMILES string of the molecule is CC1CCCC(CNC(=O)NC(=O)CCC(=O)O)C1. The number of carbonyl (C=O) groups is 3. The minimum atomic E-state index is -1.05. The summed E-state index contributed by atoms with van der Waals surface area (Å²) in [5, 5.41) is 13.2. The fourth-order valence-electron chi connectivity index (χ4n) is 2.44. The van der Waals surface area contributed by atoms with Gasteiger partial charge in [-0.05, 0) is 24.7 Å². The van der Waals surface area contributed by atoms with Gasteiger partial charge in [0.25, 0.3) is 0 Å². The summed E-state index contributed by atoms with van der Waals surface area (Å²) in [5.41, 5.74) is 0. The minimum absolute atomic E-state index is 0.177. The molecule has 0 saturated heterocycles. The highest BCUT2D eigenvalue weighted by Gasteiger charge is 2.19. The number of amides is 3. The van der Waals surface area contributed by atoms with Gasteiger partial charge in [-0.25, -0.2) is 4.79 Å². The average Bonchev–Trinajstić information content (AvgIpc) is 2.34. The molecule has 1 rings (SSSR count). The molecule has 0 aromatic carbocycles. The van der Waals surface area contributed by atoms with E-state index in [9.17, 15) is 14.4 Å². The Hall–Kier alpha value is -1.59. The molecule has 1 aliphatic rings. The van der Waals surface area contributed by atoms with Crippen molar-refractivity contribution in [3.63, 3.8) is 0 Å². The molecule has 19 heavy (non-hydrogen) atoms. The lowest BCUT2D eigenvalue weighted by Gasteiger charge is -2.26. The Morgan fingerprint density at radius 1 is 1.21 bits per heavy atom. The van der Waals surface area contributed by atoms with Gasteiger partial charge in [-0.3, -0.25) is 14.9 Å². The Bertz CT molecular complexity index is 344. The maximum absolute atomic E-state index is 11.4. The molecule has 3 amide bonds. The van der Waals surface area contributed by atoms with Crippen LogP contribution in [0.3, 0.4) is 0 Å². The summed E-state index contributed by atoms with van der Waals surface area (Å²) in [4.78, 5) is 32.9. The number of nitrogens with one attached hydrogen (secondary N) is 2. The molecule has 1 saturated carbocycles. The first-order valence-corrected chi connectivity index (χ1v) is 6.77. The van der Waals surface area contributed by atoms with Crippen LogP contribution in [0.1, 0.15) is 45.4 Å². The van der Waals surface area contributed by atoms with E-state index in [4.69, 9.17) is 5.11 Å². The van der Waals surface area contributed by atoms with Crippen molar-refractivity contribution in [2.75, 3.05) is 6.54 Å². The highest BCUT2D eigenvalue weighted by molar-refractivity contribution is 5.95. The number of carboxylic acids is 1. The number of hydrogen-bond donors (Lipinski definition) is 3. The van der Waals surface area contributed by atoms with E-state index in [0.29, 0.717) is 18.4 Å². The van der Waals surface area contributed by atoms with Crippen LogP contribution in [0.4, 0.5) is 4.79 Å². The Morgan fingerprint density at radius 3 is 2.58 bits per heavy atom. The van der Waals surface area contributed by atoms with Crippen molar-refractivity contribution in [1.29, 1.82) is 0 Å². The molecule has 1 fully saturated rings. The van der Waals surface area contributed by atoms with Crippen molar-refractivity contribution in [2.24, 2.45) is 11.8 Å². The van der Waals surface area contributed by atoms with Crippen LogP contribution in [-0.4, -0.2) is 29.6 Å². The summed E-state index contributed by atoms with van der Waals surface area (Å²) in [7, 11) is 0. The van der Waals surface area contributed by atoms with Crippen LogP contribution < -0.4 is 10.6 Å². The van der Waals surface area contributed by atoms with Crippen LogP contribution in [0, 0.1) is 11.8 Å². The largest absolute Gasteiger partial charge is 0.481 e. The quantitative estimate of drug-likeness (QED) is 0.705. The first-order chi connectivity index (χ1) is 8.97. The second kappa shape index (κ2) is 7.76. The third kappa shape index (κ3) is 6.79. The molecule has 6 nitrogen and oxygen atoms in total. The van der Waals surface area contributed by atoms with Crippen molar-refractivity contribution >= 4 is 17.9 Å². The van der Waals surface area contributed by atoms with E-state index < -0.39 is 17.9 Å². The third-order valence-corrected chi connectivity index (χ3v) is 3.42. The molecule has 0 spiro atoms. The number of rotatable bonds is 5. The van der Waals surface area contributed by atoms with Crippen LogP contribution in [-0.2, 0) is 9.59 Å². The fourth-order valence-corrected chi connectivity index (χ4v) is 2.44. The molecule has 1 aliphatic carbocycles. The van der Waals surface area contributed by atoms with Gasteiger partial charge in [-0.2, -0.15) is 0 Å². The Labute approximate surface area is 112 Å². The second-order valence-electron chi connectivity index (χ2n) is 5.29. The van der Waals surface area contributed by atoms with Gasteiger partial charge in [0, 0.05) is 13.0 Å². The normalized spacial score (nSPS) is 22.6. The molecule has 2 unspecified atom stereocenters. The maximum Gasteiger partial charge on any atom is 0.321 e. The zero-order chi connectivity index (χ0) is 14.3. The van der Waals surface area contributed by atoms with Crippen LogP contribution >= 0.6 is 0 Å². The van der Waals surface area contributed by atoms with Gasteiger partial charge in [0.2, 0.25) is 5.91 Å². The number of hydrogen-bond acceptors (Lipinski definition) is 3. The summed E-state index contributed by atoms with van der Waals surface area (Å²) in [6.45, 7) is 2.78. The lowest BCUT2D eigenvalue weighted by atomic mass is 9.82. The summed E-state index contributed by atoms with van der Waals surface area (Å²) in [6.07, 6.45) is 4.20. The van der Waals surface area contributed by atoms with Crippen molar-refractivity contribution < 1.29 is 19.5 Å². The molecule has 108 valence electrons. The monoisotopic (exact) mass is 270 g/mol. The first-order valence-electron chi connectivity index (χ1n) is 6.77. The topological polar surface area (TPSA) is 95.5 Å². The third-order valence-electron chi connectivity index (χ3n) is 3.42. The highest BCUT2D eigenvalue weighted by Crippen LogP contribution is 2.27. The van der Waals surface area contributed by atoms with Gasteiger partial charge >= 0.3 is 12.0 Å². The van der Waals surface area contributed by atoms with Gasteiger partial charge in [0.05, 0.1) is 6.42 Å². The lowest BCUT2D eigenvalue weighted by molar-refractivity contribution is -0.138. The molecule has 0 radical (unpaired) electrons. The molecule has 0 heterocycles. The van der Waals surface area contributed by atoms with Crippen LogP contribution in [0.25, 0.3) is 0 Å². The van der Waals surface area contributed by atoms with E-state index in [1.165, 1.54) is 12.8 Å². The van der Waals surface area contributed by atoms with E-state index in [0.717, 1.165) is 12.8 Å². The van der Waals surface area contributed by atoms with Crippen LogP contribution in [0.5, 0.6) is 0 Å². The number of carboxylic acid groups (broad SMARTS) is 1. The van der Waals surface area contributed by atoms with Gasteiger partial charge < -0.3 is 10.4 Å².